The standard InChI is InChI=1S/C12H22N2O3/c1-9(5-3-7-13)10(15)14-8-4-6-12(14,2)11(16)17/h9H,3-8,13H2,1-2H3,(H,16,17). The van der Waals surface area contributed by atoms with Crippen molar-refractivity contribution in [3.05, 3.63) is 0 Å². The van der Waals surface area contributed by atoms with E-state index in [1.165, 1.54) is 4.90 Å². The first-order chi connectivity index (χ1) is 7.93. The molecule has 3 N–H and O–H groups in total. The lowest BCUT2D eigenvalue weighted by Crippen LogP contribution is -2.52. The minimum atomic E-state index is -1.02. The van der Waals surface area contributed by atoms with Gasteiger partial charge in [-0.15, -0.1) is 0 Å². The summed E-state index contributed by atoms with van der Waals surface area (Å²) in [6.07, 6.45) is 2.82. The molecule has 17 heavy (non-hydrogen) atoms. The number of rotatable bonds is 5. The first-order valence-electron chi connectivity index (χ1n) is 6.18. The van der Waals surface area contributed by atoms with Gasteiger partial charge >= 0.3 is 5.97 Å². The molecule has 2 atom stereocenters. The summed E-state index contributed by atoms with van der Waals surface area (Å²) in [7, 11) is 0. The Morgan fingerprint density at radius 3 is 2.71 bits per heavy atom. The Kier molecular flexibility index (Phi) is 4.51. The van der Waals surface area contributed by atoms with Crippen LogP contribution in [-0.4, -0.2) is 40.5 Å². The molecule has 0 bridgehead atoms. The first kappa shape index (κ1) is 14.0. The van der Waals surface area contributed by atoms with Gasteiger partial charge in [0, 0.05) is 12.5 Å². The second kappa shape index (κ2) is 5.49. The first-order valence-corrected chi connectivity index (χ1v) is 6.18. The number of nitrogens with zero attached hydrogens (tertiary/aromatic N) is 1. The van der Waals surface area contributed by atoms with Crippen molar-refractivity contribution in [1.29, 1.82) is 0 Å². The largest absolute Gasteiger partial charge is 0.480 e. The maximum atomic E-state index is 12.2. The molecule has 5 nitrogen and oxygen atoms in total. The van der Waals surface area contributed by atoms with Crippen LogP contribution in [0, 0.1) is 5.92 Å². The predicted molar refractivity (Wildman–Crippen MR) is 64.4 cm³/mol. The maximum absolute atomic E-state index is 12.2. The molecule has 0 aromatic rings. The fourth-order valence-electron chi connectivity index (χ4n) is 2.35. The highest BCUT2D eigenvalue weighted by atomic mass is 16.4. The second-order valence-electron chi connectivity index (χ2n) is 5.00. The van der Waals surface area contributed by atoms with Crippen molar-refractivity contribution in [1.82, 2.24) is 4.90 Å². The summed E-state index contributed by atoms with van der Waals surface area (Å²) in [6, 6.07) is 0. The van der Waals surface area contributed by atoms with Crippen LogP contribution in [0.3, 0.4) is 0 Å². The van der Waals surface area contributed by atoms with Crippen LogP contribution in [0.25, 0.3) is 0 Å². The number of carbonyl (C=O) groups excluding carboxylic acids is 1. The number of hydrogen-bond acceptors (Lipinski definition) is 3. The minimum absolute atomic E-state index is 0.0548. The number of carbonyl (C=O) groups is 2. The van der Waals surface area contributed by atoms with Gasteiger partial charge in [0.15, 0.2) is 0 Å². The third-order valence-electron chi connectivity index (χ3n) is 3.63. The molecular weight excluding hydrogens is 220 g/mol. The molecule has 0 aromatic heterocycles. The molecule has 0 saturated carbocycles. The molecule has 1 rings (SSSR count). The number of carboxylic acids is 1. The zero-order valence-corrected chi connectivity index (χ0v) is 10.6. The van der Waals surface area contributed by atoms with Gasteiger partial charge in [0.1, 0.15) is 5.54 Å². The van der Waals surface area contributed by atoms with Gasteiger partial charge in [-0.2, -0.15) is 0 Å². The smallest absolute Gasteiger partial charge is 0.329 e. The third kappa shape index (κ3) is 2.77. The minimum Gasteiger partial charge on any atom is -0.480 e. The van der Waals surface area contributed by atoms with Gasteiger partial charge in [0.25, 0.3) is 0 Å². The van der Waals surface area contributed by atoms with Crippen LogP contribution in [0.5, 0.6) is 0 Å². The van der Waals surface area contributed by atoms with Gasteiger partial charge in [-0.3, -0.25) is 4.79 Å². The molecule has 0 aromatic carbocycles. The van der Waals surface area contributed by atoms with Crippen molar-refractivity contribution in [2.24, 2.45) is 11.7 Å². The van der Waals surface area contributed by atoms with Gasteiger partial charge < -0.3 is 15.7 Å². The van der Waals surface area contributed by atoms with E-state index in [1.807, 2.05) is 6.92 Å². The molecule has 0 aliphatic carbocycles. The molecule has 0 radical (unpaired) electrons. The topological polar surface area (TPSA) is 83.6 Å². The summed E-state index contributed by atoms with van der Waals surface area (Å²) in [6.45, 7) is 4.59. The zero-order valence-electron chi connectivity index (χ0n) is 10.6. The van der Waals surface area contributed by atoms with Crippen molar-refractivity contribution < 1.29 is 14.7 Å². The van der Waals surface area contributed by atoms with Crippen LogP contribution in [0.15, 0.2) is 0 Å². The van der Waals surface area contributed by atoms with Crippen molar-refractivity contribution >= 4 is 11.9 Å². The zero-order chi connectivity index (χ0) is 13.1. The van der Waals surface area contributed by atoms with E-state index in [-0.39, 0.29) is 11.8 Å². The monoisotopic (exact) mass is 242 g/mol. The van der Waals surface area contributed by atoms with Gasteiger partial charge in [-0.05, 0) is 39.2 Å². The van der Waals surface area contributed by atoms with Gasteiger partial charge in [-0.1, -0.05) is 6.92 Å². The van der Waals surface area contributed by atoms with E-state index in [9.17, 15) is 14.7 Å². The van der Waals surface area contributed by atoms with Gasteiger partial charge in [0.05, 0.1) is 0 Å². The molecule has 1 amide bonds. The average Bonchev–Trinajstić information content (AvgIpc) is 2.68. The summed E-state index contributed by atoms with van der Waals surface area (Å²) in [4.78, 5) is 25.0. The lowest BCUT2D eigenvalue weighted by molar-refractivity contribution is -0.156. The van der Waals surface area contributed by atoms with E-state index in [4.69, 9.17) is 5.73 Å². The highest BCUT2D eigenvalue weighted by Crippen LogP contribution is 2.31. The number of hydrogen-bond donors (Lipinski definition) is 2. The fourth-order valence-corrected chi connectivity index (χ4v) is 2.35. The van der Waals surface area contributed by atoms with E-state index in [0.717, 1.165) is 19.3 Å². The van der Waals surface area contributed by atoms with E-state index in [1.54, 1.807) is 6.92 Å². The Balaban J connectivity index is 2.71. The Labute approximate surface area is 102 Å². The molecule has 5 heteroatoms. The van der Waals surface area contributed by atoms with E-state index in [2.05, 4.69) is 0 Å². The number of nitrogens with two attached hydrogens (primary N) is 1. The van der Waals surface area contributed by atoms with Crippen LogP contribution < -0.4 is 5.73 Å². The Bertz CT molecular complexity index is 306. The molecule has 1 aliphatic rings. The normalized spacial score (nSPS) is 25.9. The van der Waals surface area contributed by atoms with Gasteiger partial charge in [-0.25, -0.2) is 4.79 Å². The van der Waals surface area contributed by atoms with Crippen molar-refractivity contribution in [3.63, 3.8) is 0 Å². The summed E-state index contributed by atoms with van der Waals surface area (Å²) in [5.74, 6) is -1.11. The summed E-state index contributed by atoms with van der Waals surface area (Å²) in [5, 5.41) is 9.24. The molecule has 1 saturated heterocycles. The van der Waals surface area contributed by atoms with Crippen LogP contribution in [0.1, 0.15) is 39.5 Å². The highest BCUT2D eigenvalue weighted by molar-refractivity contribution is 5.88. The predicted octanol–water partition coefficient (Wildman–Crippen LogP) is 0.827. The Hall–Kier alpha value is -1.10. The van der Waals surface area contributed by atoms with Crippen LogP contribution in [0.4, 0.5) is 0 Å². The second-order valence-corrected chi connectivity index (χ2v) is 5.00. The van der Waals surface area contributed by atoms with E-state index < -0.39 is 11.5 Å². The highest BCUT2D eigenvalue weighted by Gasteiger charge is 2.46. The van der Waals surface area contributed by atoms with Crippen molar-refractivity contribution in [3.8, 4) is 0 Å². The Morgan fingerprint density at radius 2 is 2.18 bits per heavy atom. The molecular formula is C12H22N2O3. The number of carboxylic acid groups (broad SMARTS) is 1. The molecule has 1 heterocycles. The summed E-state index contributed by atoms with van der Waals surface area (Å²) < 4.78 is 0. The fraction of sp³-hybridized carbons (Fsp3) is 0.833. The molecule has 2 unspecified atom stereocenters. The average molecular weight is 242 g/mol. The van der Waals surface area contributed by atoms with Gasteiger partial charge in [0.2, 0.25) is 5.91 Å². The molecule has 0 spiro atoms. The summed E-state index contributed by atoms with van der Waals surface area (Å²) >= 11 is 0. The number of amides is 1. The SMILES string of the molecule is CC(CCCN)C(=O)N1CCCC1(C)C(=O)O. The van der Waals surface area contributed by atoms with Crippen LogP contribution in [0.2, 0.25) is 0 Å². The van der Waals surface area contributed by atoms with E-state index >= 15 is 0 Å². The lowest BCUT2D eigenvalue weighted by atomic mass is 9.96. The molecule has 1 fully saturated rings. The van der Waals surface area contributed by atoms with Crippen LogP contribution >= 0.6 is 0 Å². The van der Waals surface area contributed by atoms with Crippen LogP contribution in [-0.2, 0) is 9.59 Å². The number of aliphatic carboxylic acids is 1. The lowest BCUT2D eigenvalue weighted by Gasteiger charge is -2.33. The Morgan fingerprint density at radius 1 is 1.53 bits per heavy atom. The van der Waals surface area contributed by atoms with Crippen molar-refractivity contribution in [2.45, 2.75) is 45.1 Å². The third-order valence-corrected chi connectivity index (χ3v) is 3.63. The molecule has 1 aliphatic heterocycles. The quantitative estimate of drug-likeness (QED) is 0.748. The van der Waals surface area contributed by atoms with Crippen molar-refractivity contribution in [2.75, 3.05) is 13.1 Å². The summed E-state index contributed by atoms with van der Waals surface area (Å²) in [5.41, 5.74) is 4.39. The maximum Gasteiger partial charge on any atom is 0.329 e. The van der Waals surface area contributed by atoms with E-state index in [0.29, 0.717) is 19.5 Å². The molecule has 98 valence electrons. The number of likely N-dealkylation sites (tertiary alicyclic amines) is 1.